The lowest BCUT2D eigenvalue weighted by Crippen LogP contribution is -2.43. The van der Waals surface area contributed by atoms with Crippen LogP contribution in [0.2, 0.25) is 0 Å². The van der Waals surface area contributed by atoms with Crippen LogP contribution in [0.4, 0.5) is 11.4 Å². The summed E-state index contributed by atoms with van der Waals surface area (Å²) in [5, 5.41) is 6.00. The number of carbonyl (C=O) groups excluding carboxylic acids is 1. The molecular weight excluding hydrogens is 266 g/mol. The number of methoxy groups -OCH3 is 1. The van der Waals surface area contributed by atoms with Gasteiger partial charge in [0.2, 0.25) is 5.91 Å². The van der Waals surface area contributed by atoms with Gasteiger partial charge in [-0.25, -0.2) is 0 Å². The van der Waals surface area contributed by atoms with E-state index in [1.807, 2.05) is 13.1 Å². The minimum atomic E-state index is -0.234. The van der Waals surface area contributed by atoms with E-state index in [9.17, 15) is 4.79 Å². The molecule has 1 aromatic carbocycles. The lowest BCUT2D eigenvalue weighted by atomic mass is 9.95. The average molecular weight is 289 g/mol. The number of ether oxygens (including phenoxy) is 1. The molecule has 1 amide bonds. The van der Waals surface area contributed by atoms with Crippen molar-refractivity contribution in [2.75, 3.05) is 37.5 Å². The van der Waals surface area contributed by atoms with Gasteiger partial charge in [0.1, 0.15) is 6.04 Å². The first-order valence-electron chi connectivity index (χ1n) is 7.54. The molecule has 5 nitrogen and oxygen atoms in total. The Morgan fingerprint density at radius 1 is 1.43 bits per heavy atom. The van der Waals surface area contributed by atoms with Crippen molar-refractivity contribution in [3.63, 3.8) is 0 Å². The number of piperidine rings is 1. The maximum Gasteiger partial charge on any atom is 0.246 e. The topological polar surface area (TPSA) is 53.6 Å². The van der Waals surface area contributed by atoms with Gasteiger partial charge >= 0.3 is 0 Å². The van der Waals surface area contributed by atoms with Gasteiger partial charge in [-0.2, -0.15) is 0 Å². The first kappa shape index (κ1) is 14.4. The second-order valence-corrected chi connectivity index (χ2v) is 5.97. The number of carbonyl (C=O) groups is 1. The molecule has 0 spiro atoms. The summed E-state index contributed by atoms with van der Waals surface area (Å²) in [6.45, 7) is 4.18. The van der Waals surface area contributed by atoms with Crippen LogP contribution in [0.1, 0.15) is 24.9 Å². The Morgan fingerprint density at radius 3 is 2.95 bits per heavy atom. The van der Waals surface area contributed by atoms with Crippen molar-refractivity contribution in [2.24, 2.45) is 5.92 Å². The van der Waals surface area contributed by atoms with Gasteiger partial charge in [-0.3, -0.25) is 4.79 Å². The van der Waals surface area contributed by atoms with Gasteiger partial charge in [0.15, 0.2) is 0 Å². The van der Waals surface area contributed by atoms with E-state index in [2.05, 4.69) is 34.6 Å². The molecule has 0 saturated carbocycles. The Labute approximate surface area is 125 Å². The molecule has 2 aliphatic rings. The van der Waals surface area contributed by atoms with Crippen LogP contribution < -0.4 is 15.5 Å². The standard InChI is InChI=1S/C16H23N3O2/c1-10-6-7-19(9-14(10)21-3)11-4-5-12-13(8-11)18-16(20)15(12)17-2/h4-5,8,10,14-15,17H,6-7,9H2,1-3H3,(H,18,20). The van der Waals surface area contributed by atoms with Crippen LogP contribution in [-0.2, 0) is 9.53 Å². The Balaban J connectivity index is 1.82. The predicted octanol–water partition coefficient (Wildman–Crippen LogP) is 1.76. The van der Waals surface area contributed by atoms with Gasteiger partial charge in [-0.15, -0.1) is 0 Å². The summed E-state index contributed by atoms with van der Waals surface area (Å²) in [7, 11) is 3.59. The van der Waals surface area contributed by atoms with Crippen LogP contribution in [0.15, 0.2) is 18.2 Å². The SMILES string of the molecule is CNC1C(=O)Nc2cc(N3CCC(C)C(OC)C3)ccc21. The number of anilines is 2. The summed E-state index contributed by atoms with van der Waals surface area (Å²) in [4.78, 5) is 14.2. The van der Waals surface area contributed by atoms with Gasteiger partial charge in [-0.1, -0.05) is 13.0 Å². The van der Waals surface area contributed by atoms with Crippen LogP contribution in [0, 0.1) is 5.92 Å². The van der Waals surface area contributed by atoms with Crippen molar-refractivity contribution in [1.82, 2.24) is 5.32 Å². The highest BCUT2D eigenvalue weighted by atomic mass is 16.5. The molecule has 21 heavy (non-hydrogen) atoms. The maximum absolute atomic E-state index is 11.9. The number of benzene rings is 1. The molecule has 1 saturated heterocycles. The van der Waals surface area contributed by atoms with E-state index >= 15 is 0 Å². The third-order valence-corrected chi connectivity index (χ3v) is 4.71. The minimum Gasteiger partial charge on any atom is -0.379 e. The fourth-order valence-corrected chi connectivity index (χ4v) is 3.31. The van der Waals surface area contributed by atoms with E-state index in [4.69, 9.17) is 4.74 Å². The molecule has 1 fully saturated rings. The fourth-order valence-electron chi connectivity index (χ4n) is 3.31. The van der Waals surface area contributed by atoms with E-state index in [0.29, 0.717) is 5.92 Å². The lowest BCUT2D eigenvalue weighted by molar-refractivity contribution is -0.117. The van der Waals surface area contributed by atoms with Crippen molar-refractivity contribution in [2.45, 2.75) is 25.5 Å². The van der Waals surface area contributed by atoms with Crippen LogP contribution in [0.25, 0.3) is 0 Å². The molecule has 3 unspecified atom stereocenters. The van der Waals surface area contributed by atoms with Crippen LogP contribution >= 0.6 is 0 Å². The second kappa shape index (κ2) is 5.66. The van der Waals surface area contributed by atoms with E-state index in [0.717, 1.165) is 36.4 Å². The maximum atomic E-state index is 11.9. The summed E-state index contributed by atoms with van der Waals surface area (Å²) >= 11 is 0. The van der Waals surface area contributed by atoms with Gasteiger partial charge in [0.25, 0.3) is 0 Å². The molecule has 5 heteroatoms. The summed E-state index contributed by atoms with van der Waals surface area (Å²) < 4.78 is 5.58. The first-order valence-corrected chi connectivity index (χ1v) is 7.54. The molecule has 0 bridgehead atoms. The van der Waals surface area contributed by atoms with Gasteiger partial charge < -0.3 is 20.3 Å². The summed E-state index contributed by atoms with van der Waals surface area (Å²) in [6.07, 6.45) is 1.40. The molecule has 114 valence electrons. The van der Waals surface area contributed by atoms with Crippen molar-refractivity contribution in [1.29, 1.82) is 0 Å². The number of hydrogen-bond donors (Lipinski definition) is 2. The van der Waals surface area contributed by atoms with Gasteiger partial charge in [0, 0.05) is 37.1 Å². The highest BCUT2D eigenvalue weighted by Gasteiger charge is 2.31. The van der Waals surface area contributed by atoms with E-state index in [1.54, 1.807) is 7.11 Å². The predicted molar refractivity (Wildman–Crippen MR) is 83.7 cm³/mol. The summed E-state index contributed by atoms with van der Waals surface area (Å²) in [5.41, 5.74) is 3.10. The molecule has 0 radical (unpaired) electrons. The molecule has 2 heterocycles. The van der Waals surface area contributed by atoms with Gasteiger partial charge in [-0.05, 0) is 31.5 Å². The van der Waals surface area contributed by atoms with Crippen molar-refractivity contribution in [3.8, 4) is 0 Å². The normalized spacial score (nSPS) is 28.4. The summed E-state index contributed by atoms with van der Waals surface area (Å²) in [5.74, 6) is 0.612. The lowest BCUT2D eigenvalue weighted by Gasteiger charge is -2.37. The largest absolute Gasteiger partial charge is 0.379 e. The van der Waals surface area contributed by atoms with Crippen LogP contribution in [0.3, 0.4) is 0 Å². The first-order chi connectivity index (χ1) is 10.1. The fraction of sp³-hybridized carbons (Fsp3) is 0.562. The number of fused-ring (bicyclic) bond motifs is 1. The van der Waals surface area contributed by atoms with Crippen LogP contribution in [0.5, 0.6) is 0 Å². The molecule has 0 aromatic heterocycles. The zero-order chi connectivity index (χ0) is 15.0. The zero-order valence-electron chi connectivity index (χ0n) is 12.8. The molecular formula is C16H23N3O2. The third-order valence-electron chi connectivity index (χ3n) is 4.71. The minimum absolute atomic E-state index is 0.0201. The quantitative estimate of drug-likeness (QED) is 0.890. The average Bonchev–Trinajstić information content (AvgIpc) is 2.81. The molecule has 1 aromatic rings. The van der Waals surface area contributed by atoms with Crippen molar-refractivity contribution in [3.05, 3.63) is 23.8 Å². The van der Waals surface area contributed by atoms with Crippen molar-refractivity contribution >= 4 is 17.3 Å². The number of amides is 1. The second-order valence-electron chi connectivity index (χ2n) is 5.97. The van der Waals surface area contributed by atoms with Crippen LogP contribution in [-0.4, -0.2) is 39.3 Å². The number of nitrogens with one attached hydrogen (secondary N) is 2. The smallest absolute Gasteiger partial charge is 0.246 e. The summed E-state index contributed by atoms with van der Waals surface area (Å²) in [6, 6.07) is 5.99. The Morgan fingerprint density at radius 2 is 2.24 bits per heavy atom. The van der Waals surface area contributed by atoms with Gasteiger partial charge in [0.05, 0.1) is 6.10 Å². The molecule has 2 aliphatic heterocycles. The van der Waals surface area contributed by atoms with E-state index in [1.165, 1.54) is 0 Å². The Hall–Kier alpha value is -1.59. The molecule has 0 aliphatic carbocycles. The van der Waals surface area contributed by atoms with Crippen molar-refractivity contribution < 1.29 is 9.53 Å². The third kappa shape index (κ3) is 2.51. The highest BCUT2D eigenvalue weighted by molar-refractivity contribution is 6.03. The molecule has 2 N–H and O–H groups in total. The number of nitrogens with zero attached hydrogens (tertiary/aromatic N) is 1. The van der Waals surface area contributed by atoms with E-state index < -0.39 is 0 Å². The zero-order valence-corrected chi connectivity index (χ0v) is 12.8. The molecule has 3 atom stereocenters. The Kier molecular flexibility index (Phi) is 3.87. The number of likely N-dealkylation sites (N-methyl/N-ethyl adjacent to an activating group) is 1. The van der Waals surface area contributed by atoms with E-state index in [-0.39, 0.29) is 18.1 Å². The Bertz CT molecular complexity index is 546. The monoisotopic (exact) mass is 289 g/mol. The molecule has 3 rings (SSSR count). The number of rotatable bonds is 3. The number of hydrogen-bond acceptors (Lipinski definition) is 4. The highest BCUT2D eigenvalue weighted by Crippen LogP contribution is 2.35.